The molecule has 0 aromatic heterocycles. The molecule has 92 valence electrons. The Morgan fingerprint density at radius 1 is 1.41 bits per heavy atom. The van der Waals surface area contributed by atoms with Gasteiger partial charge in [-0.3, -0.25) is 4.79 Å². The fourth-order valence-corrected chi connectivity index (χ4v) is 2.02. The summed E-state index contributed by atoms with van der Waals surface area (Å²) in [5.74, 6) is 0.655. The first kappa shape index (κ1) is 11.8. The average Bonchev–Trinajstić information content (AvgIpc) is 2.32. The molecule has 1 amide bonds. The molecule has 2 rings (SSSR count). The van der Waals surface area contributed by atoms with E-state index in [2.05, 4.69) is 6.92 Å². The Morgan fingerprint density at radius 2 is 2.24 bits per heavy atom. The summed E-state index contributed by atoms with van der Waals surface area (Å²) in [7, 11) is 0. The zero-order valence-electron chi connectivity index (χ0n) is 10.1. The second-order valence-electron chi connectivity index (χ2n) is 4.24. The van der Waals surface area contributed by atoms with Crippen LogP contribution in [0, 0.1) is 0 Å². The predicted octanol–water partition coefficient (Wildman–Crippen LogP) is 2.18. The number of benzene rings is 1. The molecular formula is C13H18N2O2. The molecule has 0 unspecified atom stereocenters. The number of fused-ring (bicyclic) bond motifs is 1. The number of hydrogen-bond acceptors (Lipinski definition) is 3. The Hall–Kier alpha value is -1.71. The fourth-order valence-electron chi connectivity index (χ4n) is 2.02. The van der Waals surface area contributed by atoms with Crippen LogP contribution in [-0.2, 0) is 4.79 Å². The lowest BCUT2D eigenvalue weighted by molar-refractivity contribution is -0.121. The van der Waals surface area contributed by atoms with Crippen molar-refractivity contribution in [3.8, 4) is 5.75 Å². The summed E-state index contributed by atoms with van der Waals surface area (Å²) in [6.45, 7) is 2.98. The molecular weight excluding hydrogens is 216 g/mol. The highest BCUT2D eigenvalue weighted by molar-refractivity contribution is 5.99. The van der Waals surface area contributed by atoms with Crippen LogP contribution in [0.4, 0.5) is 11.4 Å². The Bertz CT molecular complexity index is 418. The van der Waals surface area contributed by atoms with Gasteiger partial charge in [0.15, 0.2) is 12.4 Å². The highest BCUT2D eigenvalue weighted by atomic mass is 16.5. The Morgan fingerprint density at radius 3 is 3.00 bits per heavy atom. The standard InChI is InChI=1S/C13H18N2O2/c1-2-3-4-8-15-11-7-5-6-10(14)13(11)17-9-12(15)16/h5-7H,2-4,8-9,14H2,1H3. The third kappa shape index (κ3) is 2.35. The summed E-state index contributed by atoms with van der Waals surface area (Å²) in [6, 6.07) is 5.52. The predicted molar refractivity (Wildman–Crippen MR) is 68.2 cm³/mol. The number of amides is 1. The zero-order chi connectivity index (χ0) is 12.3. The van der Waals surface area contributed by atoms with Gasteiger partial charge in [-0.1, -0.05) is 25.8 Å². The number of ether oxygens (including phenoxy) is 1. The number of nitrogen functional groups attached to an aromatic ring is 1. The summed E-state index contributed by atoms with van der Waals surface area (Å²) in [5.41, 5.74) is 7.24. The molecule has 0 saturated carbocycles. The topological polar surface area (TPSA) is 55.6 Å². The van der Waals surface area contributed by atoms with E-state index < -0.39 is 0 Å². The summed E-state index contributed by atoms with van der Waals surface area (Å²) >= 11 is 0. The third-order valence-electron chi connectivity index (χ3n) is 2.94. The molecule has 0 atom stereocenters. The fraction of sp³-hybridized carbons (Fsp3) is 0.462. The largest absolute Gasteiger partial charge is 0.479 e. The molecule has 0 bridgehead atoms. The second-order valence-corrected chi connectivity index (χ2v) is 4.24. The number of hydrogen-bond donors (Lipinski definition) is 1. The molecule has 2 N–H and O–H groups in total. The van der Waals surface area contributed by atoms with Crippen LogP contribution in [0.1, 0.15) is 26.2 Å². The molecule has 1 heterocycles. The van der Waals surface area contributed by atoms with Crippen molar-refractivity contribution in [2.75, 3.05) is 23.8 Å². The summed E-state index contributed by atoms with van der Waals surface area (Å²) in [4.78, 5) is 13.6. The maximum absolute atomic E-state index is 11.8. The van der Waals surface area contributed by atoms with Gasteiger partial charge in [-0.05, 0) is 18.6 Å². The molecule has 4 heteroatoms. The van der Waals surface area contributed by atoms with Gasteiger partial charge in [-0.15, -0.1) is 0 Å². The van der Waals surface area contributed by atoms with Gasteiger partial charge >= 0.3 is 0 Å². The van der Waals surface area contributed by atoms with Crippen LogP contribution in [0.15, 0.2) is 18.2 Å². The van der Waals surface area contributed by atoms with Crippen molar-refractivity contribution in [1.29, 1.82) is 0 Å². The molecule has 1 aromatic rings. The van der Waals surface area contributed by atoms with Crippen LogP contribution in [0.3, 0.4) is 0 Å². The smallest absolute Gasteiger partial charge is 0.265 e. The van der Waals surface area contributed by atoms with E-state index in [1.807, 2.05) is 12.1 Å². The first-order valence-electron chi connectivity index (χ1n) is 6.05. The van der Waals surface area contributed by atoms with Crippen molar-refractivity contribution in [2.24, 2.45) is 0 Å². The summed E-state index contributed by atoms with van der Waals surface area (Å²) in [6.07, 6.45) is 3.28. The number of unbranched alkanes of at least 4 members (excludes halogenated alkanes) is 2. The van der Waals surface area contributed by atoms with Gasteiger partial charge in [-0.2, -0.15) is 0 Å². The van der Waals surface area contributed by atoms with Crippen molar-refractivity contribution in [1.82, 2.24) is 0 Å². The molecule has 0 radical (unpaired) electrons. The van der Waals surface area contributed by atoms with E-state index >= 15 is 0 Å². The van der Waals surface area contributed by atoms with E-state index in [4.69, 9.17) is 10.5 Å². The molecule has 0 saturated heterocycles. The summed E-state index contributed by atoms with van der Waals surface area (Å²) in [5, 5.41) is 0. The van der Waals surface area contributed by atoms with Crippen LogP contribution in [-0.4, -0.2) is 19.1 Å². The minimum atomic E-state index is 0.0132. The number of rotatable bonds is 4. The number of carbonyl (C=O) groups excluding carboxylic acids is 1. The van der Waals surface area contributed by atoms with Gasteiger partial charge in [0.05, 0.1) is 11.4 Å². The van der Waals surface area contributed by atoms with E-state index in [1.54, 1.807) is 11.0 Å². The quantitative estimate of drug-likeness (QED) is 0.641. The molecule has 0 spiro atoms. The highest BCUT2D eigenvalue weighted by Crippen LogP contribution is 2.36. The normalized spacial score (nSPS) is 14.4. The van der Waals surface area contributed by atoms with Crippen molar-refractivity contribution in [2.45, 2.75) is 26.2 Å². The van der Waals surface area contributed by atoms with Crippen LogP contribution in [0.2, 0.25) is 0 Å². The molecule has 1 aliphatic heterocycles. The maximum Gasteiger partial charge on any atom is 0.265 e. The van der Waals surface area contributed by atoms with Gasteiger partial charge in [0.1, 0.15) is 0 Å². The van der Waals surface area contributed by atoms with E-state index in [0.717, 1.165) is 31.5 Å². The van der Waals surface area contributed by atoms with Crippen LogP contribution in [0.25, 0.3) is 0 Å². The number of anilines is 2. The van der Waals surface area contributed by atoms with Gasteiger partial charge < -0.3 is 15.4 Å². The van der Waals surface area contributed by atoms with E-state index in [0.29, 0.717) is 11.4 Å². The first-order chi connectivity index (χ1) is 8.24. The Kier molecular flexibility index (Phi) is 3.52. The molecule has 4 nitrogen and oxygen atoms in total. The van der Waals surface area contributed by atoms with Crippen molar-refractivity contribution in [3.05, 3.63) is 18.2 Å². The van der Waals surface area contributed by atoms with Crippen molar-refractivity contribution in [3.63, 3.8) is 0 Å². The SMILES string of the molecule is CCCCCN1C(=O)COc2c(N)cccc21. The number of carbonyl (C=O) groups is 1. The second kappa shape index (κ2) is 5.08. The van der Waals surface area contributed by atoms with Gasteiger partial charge in [0, 0.05) is 6.54 Å². The van der Waals surface area contributed by atoms with Crippen molar-refractivity contribution < 1.29 is 9.53 Å². The molecule has 0 fully saturated rings. The zero-order valence-corrected chi connectivity index (χ0v) is 10.1. The van der Waals surface area contributed by atoms with Gasteiger partial charge in [0.2, 0.25) is 0 Å². The Labute approximate surface area is 101 Å². The van der Waals surface area contributed by atoms with Gasteiger partial charge in [-0.25, -0.2) is 0 Å². The molecule has 17 heavy (non-hydrogen) atoms. The lowest BCUT2D eigenvalue weighted by atomic mass is 10.1. The third-order valence-corrected chi connectivity index (χ3v) is 2.94. The number of para-hydroxylation sites is 1. The van der Waals surface area contributed by atoms with Crippen LogP contribution < -0.4 is 15.4 Å². The van der Waals surface area contributed by atoms with Crippen LogP contribution in [0.5, 0.6) is 5.75 Å². The minimum Gasteiger partial charge on any atom is -0.479 e. The van der Waals surface area contributed by atoms with E-state index in [9.17, 15) is 4.79 Å². The Balaban J connectivity index is 2.21. The van der Waals surface area contributed by atoms with E-state index in [1.165, 1.54) is 0 Å². The first-order valence-corrected chi connectivity index (χ1v) is 6.05. The van der Waals surface area contributed by atoms with E-state index in [-0.39, 0.29) is 12.5 Å². The highest BCUT2D eigenvalue weighted by Gasteiger charge is 2.26. The lowest BCUT2D eigenvalue weighted by Gasteiger charge is -2.30. The maximum atomic E-state index is 11.8. The molecule has 1 aliphatic rings. The number of nitrogens with zero attached hydrogens (tertiary/aromatic N) is 1. The summed E-state index contributed by atoms with van der Waals surface area (Å²) < 4.78 is 5.39. The lowest BCUT2D eigenvalue weighted by Crippen LogP contribution is -2.39. The minimum absolute atomic E-state index is 0.0132. The average molecular weight is 234 g/mol. The number of nitrogens with two attached hydrogens (primary N) is 1. The van der Waals surface area contributed by atoms with Gasteiger partial charge in [0.25, 0.3) is 5.91 Å². The van der Waals surface area contributed by atoms with Crippen LogP contribution >= 0.6 is 0 Å². The van der Waals surface area contributed by atoms with Crippen molar-refractivity contribution >= 4 is 17.3 Å². The monoisotopic (exact) mass is 234 g/mol. The molecule has 1 aromatic carbocycles. The molecule has 0 aliphatic carbocycles.